The number of hydrogen-bond acceptors (Lipinski definition) is 8. The van der Waals surface area contributed by atoms with E-state index in [1.165, 1.54) is 14.2 Å². The summed E-state index contributed by atoms with van der Waals surface area (Å²) < 4.78 is 27.0. The lowest BCUT2D eigenvalue weighted by Gasteiger charge is -2.24. The van der Waals surface area contributed by atoms with Crippen LogP contribution in [0.4, 0.5) is 0 Å². The third-order valence-corrected chi connectivity index (χ3v) is 5.20. The van der Waals surface area contributed by atoms with Crippen molar-refractivity contribution in [3.8, 4) is 23.1 Å². The molecule has 0 amide bonds. The number of aromatic nitrogens is 2. The molecule has 0 N–H and O–H groups in total. The summed E-state index contributed by atoms with van der Waals surface area (Å²) in [6.07, 6.45) is 2.58. The number of esters is 1. The van der Waals surface area contributed by atoms with Crippen LogP contribution >= 0.6 is 0 Å². The van der Waals surface area contributed by atoms with E-state index in [1.54, 1.807) is 26.3 Å². The van der Waals surface area contributed by atoms with Crippen molar-refractivity contribution in [3.63, 3.8) is 0 Å². The first-order chi connectivity index (χ1) is 15.4. The van der Waals surface area contributed by atoms with Gasteiger partial charge >= 0.3 is 5.97 Å². The van der Waals surface area contributed by atoms with E-state index in [4.69, 9.17) is 23.4 Å². The van der Waals surface area contributed by atoms with Gasteiger partial charge in [0.2, 0.25) is 11.8 Å². The van der Waals surface area contributed by atoms with Crippen LogP contribution in [0.15, 0.2) is 47.0 Å². The van der Waals surface area contributed by atoms with Gasteiger partial charge in [0.1, 0.15) is 11.5 Å². The Morgan fingerprint density at radius 1 is 1.16 bits per heavy atom. The van der Waals surface area contributed by atoms with Gasteiger partial charge in [0.25, 0.3) is 0 Å². The number of oxazole rings is 1. The van der Waals surface area contributed by atoms with Crippen molar-refractivity contribution in [3.05, 3.63) is 59.6 Å². The number of nitrogens with zero attached hydrogens (tertiary/aromatic N) is 2. The fourth-order valence-electron chi connectivity index (χ4n) is 3.23. The molecule has 0 spiro atoms. The molecule has 0 saturated heterocycles. The molecule has 8 nitrogen and oxygen atoms in total. The van der Waals surface area contributed by atoms with E-state index in [-0.39, 0.29) is 0 Å². The zero-order valence-corrected chi connectivity index (χ0v) is 19.0. The normalized spacial score (nSPS) is 12.8. The van der Waals surface area contributed by atoms with Crippen LogP contribution in [0.25, 0.3) is 11.5 Å². The summed E-state index contributed by atoms with van der Waals surface area (Å²) in [5.74, 6) is 2.09. The van der Waals surface area contributed by atoms with Gasteiger partial charge in [-0.05, 0) is 37.6 Å². The molecule has 0 bridgehead atoms. The van der Waals surface area contributed by atoms with Crippen LogP contribution < -0.4 is 9.47 Å². The lowest BCUT2D eigenvalue weighted by Crippen LogP contribution is -2.40. The average molecular weight is 440 g/mol. The Labute approximate surface area is 187 Å². The fourth-order valence-corrected chi connectivity index (χ4v) is 3.23. The number of benzene rings is 1. The maximum atomic E-state index is 12.0. The van der Waals surface area contributed by atoms with Crippen molar-refractivity contribution in [2.45, 2.75) is 32.3 Å². The zero-order chi connectivity index (χ0) is 23.1. The average Bonchev–Trinajstić information content (AvgIpc) is 3.20. The van der Waals surface area contributed by atoms with Crippen LogP contribution in [-0.2, 0) is 27.1 Å². The summed E-state index contributed by atoms with van der Waals surface area (Å²) in [5, 5.41) is 0. The van der Waals surface area contributed by atoms with Crippen LogP contribution in [0.1, 0.15) is 23.9 Å². The van der Waals surface area contributed by atoms with Gasteiger partial charge in [-0.3, -0.25) is 0 Å². The van der Waals surface area contributed by atoms with Crippen molar-refractivity contribution in [2.75, 3.05) is 27.9 Å². The number of aryl methyl sites for hydroxylation is 1. The molecule has 1 atom stereocenters. The molecule has 1 unspecified atom stereocenters. The standard InChI is InChI=1S/C24H28N2O6/c1-16-20(26-22(32-16)18-7-6-8-19(13-18)28-3)11-12-31-21-10-9-17(15-25-21)14-24(2,30-5)23(27)29-4/h6-10,13,15H,11-12,14H2,1-5H3. The third-order valence-electron chi connectivity index (χ3n) is 5.20. The summed E-state index contributed by atoms with van der Waals surface area (Å²) in [4.78, 5) is 20.9. The Bertz CT molecular complexity index is 1050. The summed E-state index contributed by atoms with van der Waals surface area (Å²) in [6.45, 7) is 3.96. The number of carbonyl (C=O) groups excluding carboxylic acids is 1. The van der Waals surface area contributed by atoms with Crippen molar-refractivity contribution < 1.29 is 28.2 Å². The molecule has 0 aliphatic carbocycles. The number of carbonyl (C=O) groups is 1. The SMILES string of the molecule is COC(=O)C(C)(Cc1ccc(OCCc2nc(-c3cccc(OC)c3)oc2C)nc1)OC. The Balaban J connectivity index is 1.58. The van der Waals surface area contributed by atoms with E-state index >= 15 is 0 Å². The quantitative estimate of drug-likeness (QED) is 0.440. The maximum absolute atomic E-state index is 12.0. The third kappa shape index (κ3) is 5.45. The first kappa shape index (κ1) is 23.3. The van der Waals surface area contributed by atoms with Gasteiger partial charge < -0.3 is 23.4 Å². The van der Waals surface area contributed by atoms with Gasteiger partial charge in [0, 0.05) is 37.8 Å². The summed E-state index contributed by atoms with van der Waals surface area (Å²) in [6, 6.07) is 11.2. The number of rotatable bonds is 10. The minimum absolute atomic E-state index is 0.342. The lowest BCUT2D eigenvalue weighted by molar-refractivity contribution is -0.163. The van der Waals surface area contributed by atoms with Crippen LogP contribution in [0.5, 0.6) is 11.6 Å². The van der Waals surface area contributed by atoms with Crippen LogP contribution in [0.3, 0.4) is 0 Å². The molecule has 32 heavy (non-hydrogen) atoms. The Hall–Kier alpha value is -3.39. The molecule has 0 fully saturated rings. The molecular formula is C24H28N2O6. The van der Waals surface area contributed by atoms with E-state index in [2.05, 4.69) is 9.97 Å². The van der Waals surface area contributed by atoms with E-state index in [1.807, 2.05) is 37.3 Å². The molecule has 3 rings (SSSR count). The predicted octanol–water partition coefficient (Wildman–Crippen LogP) is 3.80. The predicted molar refractivity (Wildman–Crippen MR) is 118 cm³/mol. The number of methoxy groups -OCH3 is 3. The van der Waals surface area contributed by atoms with Crippen molar-refractivity contribution in [2.24, 2.45) is 0 Å². The highest BCUT2D eigenvalue weighted by molar-refractivity contribution is 5.79. The largest absolute Gasteiger partial charge is 0.497 e. The first-order valence-corrected chi connectivity index (χ1v) is 10.2. The summed E-state index contributed by atoms with van der Waals surface area (Å²) >= 11 is 0. The van der Waals surface area contributed by atoms with Gasteiger partial charge in [-0.2, -0.15) is 0 Å². The Morgan fingerprint density at radius 2 is 1.97 bits per heavy atom. The summed E-state index contributed by atoms with van der Waals surface area (Å²) in [5.41, 5.74) is 1.45. The lowest BCUT2D eigenvalue weighted by atomic mass is 9.97. The molecule has 0 aliphatic rings. The molecule has 2 heterocycles. The van der Waals surface area contributed by atoms with Gasteiger partial charge in [-0.1, -0.05) is 12.1 Å². The second-order valence-electron chi connectivity index (χ2n) is 7.46. The topological polar surface area (TPSA) is 92.9 Å². The van der Waals surface area contributed by atoms with Crippen LogP contribution in [0.2, 0.25) is 0 Å². The first-order valence-electron chi connectivity index (χ1n) is 10.2. The molecule has 0 radical (unpaired) electrons. The molecule has 0 saturated carbocycles. The van der Waals surface area contributed by atoms with Crippen molar-refractivity contribution in [1.29, 1.82) is 0 Å². The maximum Gasteiger partial charge on any atom is 0.338 e. The molecule has 2 aromatic heterocycles. The van der Waals surface area contributed by atoms with E-state index in [9.17, 15) is 4.79 Å². The zero-order valence-electron chi connectivity index (χ0n) is 19.0. The van der Waals surface area contributed by atoms with Crippen molar-refractivity contribution >= 4 is 5.97 Å². The minimum Gasteiger partial charge on any atom is -0.497 e. The highest BCUT2D eigenvalue weighted by atomic mass is 16.6. The second kappa shape index (κ2) is 10.3. The Morgan fingerprint density at radius 3 is 2.62 bits per heavy atom. The van der Waals surface area contributed by atoms with E-state index < -0.39 is 11.6 Å². The number of ether oxygens (including phenoxy) is 4. The van der Waals surface area contributed by atoms with E-state index in [0.717, 1.165) is 28.3 Å². The Kier molecular flexibility index (Phi) is 7.48. The summed E-state index contributed by atoms with van der Waals surface area (Å²) in [7, 11) is 4.44. The second-order valence-corrected chi connectivity index (χ2v) is 7.46. The number of pyridine rings is 1. The molecule has 8 heteroatoms. The van der Waals surface area contributed by atoms with Gasteiger partial charge in [0.15, 0.2) is 5.60 Å². The van der Waals surface area contributed by atoms with Crippen molar-refractivity contribution in [1.82, 2.24) is 9.97 Å². The van der Waals surface area contributed by atoms with Crippen LogP contribution in [0, 0.1) is 6.92 Å². The van der Waals surface area contributed by atoms with Gasteiger partial charge in [0.05, 0.1) is 26.5 Å². The minimum atomic E-state index is -1.07. The number of hydrogen-bond donors (Lipinski definition) is 0. The molecule has 1 aromatic carbocycles. The van der Waals surface area contributed by atoms with Crippen LogP contribution in [-0.4, -0.2) is 49.5 Å². The van der Waals surface area contributed by atoms with Gasteiger partial charge in [-0.25, -0.2) is 14.8 Å². The monoisotopic (exact) mass is 440 g/mol. The highest BCUT2D eigenvalue weighted by Crippen LogP contribution is 2.25. The molecule has 0 aliphatic heterocycles. The highest BCUT2D eigenvalue weighted by Gasteiger charge is 2.34. The van der Waals surface area contributed by atoms with E-state index in [0.29, 0.717) is 31.2 Å². The van der Waals surface area contributed by atoms with Gasteiger partial charge in [-0.15, -0.1) is 0 Å². The molecule has 170 valence electrons. The molecule has 3 aromatic rings. The molecular weight excluding hydrogens is 412 g/mol. The fraction of sp³-hybridized carbons (Fsp3) is 0.375. The smallest absolute Gasteiger partial charge is 0.338 e.